The molecule has 8 atom stereocenters. The van der Waals surface area contributed by atoms with E-state index in [-0.39, 0.29) is 31.3 Å². The number of fused-ring (bicyclic) bond motifs is 1. The second kappa shape index (κ2) is 9.25. The first-order chi connectivity index (χ1) is 19.3. The molecular formula is C25H38O5. The molecule has 1 aliphatic heterocycles. The zero-order chi connectivity index (χ0) is 33.3. The standard InChI is InChI=1S/C25H38O5/c1-6-25(4,5)24(28)30-21-12-15(2)11-17-8-7-16(3)20(23(17)21)10-9-19-13-18(26)14-22(27)29-19/h7-8,11,15-16,18-21,23,26H,6,9-10,12-14H2,1-5H3/t15-,16-,18+,19?,20-,21?,23-/m0/s1/i4D3,7D,8D,11D,12D2,14D2,15D,16D,26D/t15-,16-,18+,19?,20-,21?,23-,25?. The number of hydrogen-bond acceptors (Lipinski definition) is 5. The summed E-state index contributed by atoms with van der Waals surface area (Å²) in [5.74, 6) is -9.45. The number of rotatable bonds is 7. The maximum atomic E-state index is 13.5. The van der Waals surface area contributed by atoms with Gasteiger partial charge in [0.25, 0.3) is 0 Å². The molecule has 3 unspecified atom stereocenters. The third-order valence-electron chi connectivity index (χ3n) is 5.95. The first kappa shape index (κ1) is 11.3. The highest BCUT2D eigenvalue weighted by Gasteiger charge is 2.43. The van der Waals surface area contributed by atoms with Gasteiger partial charge in [-0.25, -0.2) is 0 Å². The number of ether oxygens (including phenoxy) is 2. The lowest BCUT2D eigenvalue weighted by Gasteiger charge is -2.44. The Kier molecular flexibility index (Phi) is 3.49. The van der Waals surface area contributed by atoms with Crippen molar-refractivity contribution in [2.45, 2.75) is 91.3 Å². The van der Waals surface area contributed by atoms with E-state index in [1.165, 1.54) is 13.8 Å². The van der Waals surface area contributed by atoms with Crippen molar-refractivity contribution in [1.82, 2.24) is 0 Å². The number of esters is 2. The zero-order valence-corrected chi connectivity index (χ0v) is 17.8. The molecular weight excluding hydrogens is 380 g/mol. The predicted octanol–water partition coefficient (Wildman–Crippen LogP) is 4.59. The molecule has 5 heteroatoms. The van der Waals surface area contributed by atoms with Crippen LogP contribution in [0.4, 0.5) is 0 Å². The summed E-state index contributed by atoms with van der Waals surface area (Å²) in [6.45, 7) is 2.13. The molecule has 5 nitrogen and oxygen atoms in total. The molecule has 0 bridgehead atoms. The van der Waals surface area contributed by atoms with Crippen LogP contribution in [0.1, 0.15) is 89.4 Å². The largest absolute Gasteiger partial charge is 0.462 e. The third kappa shape index (κ3) is 5.16. The summed E-state index contributed by atoms with van der Waals surface area (Å²) in [7, 11) is 0. The van der Waals surface area contributed by atoms with E-state index in [1.807, 2.05) is 0 Å². The molecule has 0 aromatic rings. The van der Waals surface area contributed by atoms with Gasteiger partial charge in [-0.15, -0.1) is 0 Å². The fraction of sp³-hybridized carbons (Fsp3) is 0.760. The summed E-state index contributed by atoms with van der Waals surface area (Å²) in [5, 5.41) is 4.42. The Hall–Kier alpha value is -1.62. The van der Waals surface area contributed by atoms with Crippen LogP contribution in [-0.4, -0.2) is 36.8 Å². The molecule has 3 rings (SSSR count). The van der Waals surface area contributed by atoms with Crippen molar-refractivity contribution in [3.8, 4) is 0 Å². The van der Waals surface area contributed by atoms with Gasteiger partial charge in [-0.1, -0.05) is 38.9 Å². The minimum Gasteiger partial charge on any atom is -0.462 e. The zero-order valence-electron chi connectivity index (χ0n) is 30.8. The molecule has 1 heterocycles. The van der Waals surface area contributed by atoms with Crippen molar-refractivity contribution >= 4 is 11.9 Å². The molecule has 0 spiro atoms. The van der Waals surface area contributed by atoms with E-state index in [0.717, 1.165) is 13.8 Å². The third-order valence-corrected chi connectivity index (χ3v) is 5.95. The molecule has 30 heavy (non-hydrogen) atoms. The summed E-state index contributed by atoms with van der Waals surface area (Å²) >= 11 is 0. The average Bonchev–Trinajstić information content (AvgIpc) is 2.89. The van der Waals surface area contributed by atoms with Gasteiger partial charge in [0.15, 0.2) is 0 Å². The molecule has 0 radical (unpaired) electrons. The Balaban J connectivity index is 2.15. The lowest BCUT2D eigenvalue weighted by Crippen LogP contribution is -2.43. The molecule has 0 amide bonds. The molecule has 2 aliphatic carbocycles. The fourth-order valence-electron chi connectivity index (χ4n) is 3.92. The normalized spacial score (nSPS) is 54.1. The van der Waals surface area contributed by atoms with Gasteiger partial charge in [-0.05, 0) is 62.7 Å². The SMILES string of the molecule is [2H]O[C@@H]1CC(CC[C@@H]2[C@@H]3C(=C([2H])[C@]([2H])(C)C([2H])([2H])C3OC(=O)C(C)(CC)C([2H])([2H])[2H])C([2H])=C([2H])[C@]2([2H])C)OC(=O)C1([2H])[2H]. The van der Waals surface area contributed by atoms with E-state index in [4.69, 9.17) is 27.4 Å². The van der Waals surface area contributed by atoms with Crippen molar-refractivity contribution in [3.05, 3.63) is 23.7 Å². The average molecular weight is 432 g/mol. The molecule has 0 saturated carbocycles. The van der Waals surface area contributed by atoms with E-state index in [0.29, 0.717) is 0 Å². The highest BCUT2D eigenvalue weighted by molar-refractivity contribution is 5.76. The summed E-state index contributed by atoms with van der Waals surface area (Å²) in [6, 6.07) is -1.76. The van der Waals surface area contributed by atoms with Crippen LogP contribution in [0, 0.1) is 29.0 Å². The number of cyclic esters (lactones) is 1. The number of hydrogen-bond donors (Lipinski definition) is 1. The van der Waals surface area contributed by atoms with E-state index < -0.39 is 97.0 Å². The van der Waals surface area contributed by atoms with Crippen molar-refractivity contribution in [1.29, 1.82) is 1.43 Å². The van der Waals surface area contributed by atoms with Crippen LogP contribution in [0.15, 0.2) is 23.7 Å². The van der Waals surface area contributed by atoms with Gasteiger partial charge in [-0.3, -0.25) is 9.59 Å². The van der Waals surface area contributed by atoms with E-state index in [2.05, 4.69) is 5.11 Å². The van der Waals surface area contributed by atoms with Crippen molar-refractivity contribution < 1.29 is 40.6 Å². The number of carbonyl (C=O) groups is 2. The predicted molar refractivity (Wildman–Crippen MR) is 115 cm³/mol. The van der Waals surface area contributed by atoms with Gasteiger partial charge in [0.2, 0.25) is 1.43 Å². The van der Waals surface area contributed by atoms with Crippen LogP contribution >= 0.6 is 0 Å². The molecule has 1 N–H and O–H groups in total. The smallest absolute Gasteiger partial charge is 0.311 e. The highest BCUT2D eigenvalue weighted by Crippen LogP contribution is 2.45. The van der Waals surface area contributed by atoms with Crippen molar-refractivity contribution in [2.24, 2.45) is 29.0 Å². The summed E-state index contributed by atoms with van der Waals surface area (Å²) in [6.07, 6.45) is -10.4. The molecule has 3 aliphatic rings. The monoisotopic (exact) mass is 431 g/mol. The lowest BCUT2D eigenvalue weighted by molar-refractivity contribution is -0.166. The van der Waals surface area contributed by atoms with Crippen LogP contribution in [-0.2, 0) is 19.1 Å². The van der Waals surface area contributed by atoms with Gasteiger partial charge < -0.3 is 14.6 Å². The molecule has 0 aromatic heterocycles. The number of allylic oxidation sites excluding steroid dienone is 3. The first-order valence-electron chi connectivity index (χ1n) is 16.7. The van der Waals surface area contributed by atoms with Crippen LogP contribution < -0.4 is 0 Å². The Morgan fingerprint density at radius 2 is 2.33 bits per heavy atom. The number of aliphatic hydroxyl groups is 1. The minimum absolute atomic E-state index is 0.0811. The van der Waals surface area contributed by atoms with Crippen molar-refractivity contribution in [3.63, 3.8) is 0 Å². The van der Waals surface area contributed by atoms with Crippen molar-refractivity contribution in [2.75, 3.05) is 0 Å². The Labute approximate surface area is 199 Å². The first-order valence-corrected chi connectivity index (χ1v) is 10.3. The van der Waals surface area contributed by atoms with E-state index in [1.54, 1.807) is 0 Å². The molecule has 1 saturated heterocycles. The van der Waals surface area contributed by atoms with Gasteiger partial charge in [0.1, 0.15) is 12.2 Å². The minimum atomic E-state index is -2.85. The summed E-state index contributed by atoms with van der Waals surface area (Å²) in [5.41, 5.74) is -2.33. The Morgan fingerprint density at radius 3 is 3.03 bits per heavy atom. The fourth-order valence-corrected chi connectivity index (χ4v) is 3.92. The number of carbonyl (C=O) groups excluding carboxylic acids is 2. The quantitative estimate of drug-likeness (QED) is 0.597. The summed E-state index contributed by atoms with van der Waals surface area (Å²) < 4.78 is 119. The van der Waals surface area contributed by atoms with Crippen LogP contribution in [0.5, 0.6) is 0 Å². The summed E-state index contributed by atoms with van der Waals surface area (Å²) in [4.78, 5) is 25.8. The topological polar surface area (TPSA) is 72.8 Å². The Bertz CT molecular complexity index is 1210. The van der Waals surface area contributed by atoms with Crippen LogP contribution in [0.3, 0.4) is 0 Å². The Morgan fingerprint density at radius 1 is 1.53 bits per heavy atom. The molecule has 168 valence electrons. The van der Waals surface area contributed by atoms with E-state index in [9.17, 15) is 9.59 Å². The number of aliphatic hydroxyl groups excluding tert-OH is 1. The molecule has 0 aromatic carbocycles. The maximum Gasteiger partial charge on any atom is 0.311 e. The lowest BCUT2D eigenvalue weighted by atomic mass is 9.65. The second-order valence-electron chi connectivity index (χ2n) is 8.36. The highest BCUT2D eigenvalue weighted by atomic mass is 16.6. The van der Waals surface area contributed by atoms with Gasteiger partial charge >= 0.3 is 11.9 Å². The van der Waals surface area contributed by atoms with Gasteiger partial charge in [-0.2, -0.15) is 0 Å². The van der Waals surface area contributed by atoms with Crippen LogP contribution in [0.25, 0.3) is 0 Å². The molecule has 1 fully saturated rings. The second-order valence-corrected chi connectivity index (χ2v) is 8.36. The van der Waals surface area contributed by atoms with Gasteiger partial charge in [0, 0.05) is 24.7 Å². The van der Waals surface area contributed by atoms with Gasteiger partial charge in [0.05, 0.1) is 22.0 Å². The maximum absolute atomic E-state index is 13.5. The van der Waals surface area contributed by atoms with E-state index >= 15 is 0 Å². The van der Waals surface area contributed by atoms with Crippen LogP contribution in [0.2, 0.25) is 0 Å².